The summed E-state index contributed by atoms with van der Waals surface area (Å²) in [6, 6.07) is 14.7. The molecule has 0 atom stereocenters. The molecule has 6 nitrogen and oxygen atoms in total. The number of fused-ring (bicyclic) bond motifs is 1. The van der Waals surface area contributed by atoms with Crippen molar-refractivity contribution in [2.75, 3.05) is 42.8 Å². The Balaban J connectivity index is 1.60. The number of carbonyl (C=O) groups excluding carboxylic acids is 2. The first kappa shape index (κ1) is 18.3. The standard InChI is InChI=1S/C19H20N2O4S/c1-24-10-11-25-15-8-6-14(7-9-15)20-18(22)12-21-16-4-2-3-5-17(16)26-13-19(21)23/h2-9H,10-13H2,1H3,(H,20,22). The van der Waals surface area contributed by atoms with Crippen LogP contribution < -0.4 is 15.0 Å². The number of rotatable bonds is 7. The van der Waals surface area contributed by atoms with Crippen molar-refractivity contribution in [3.8, 4) is 5.75 Å². The number of nitrogens with zero attached hydrogens (tertiary/aromatic N) is 1. The summed E-state index contributed by atoms with van der Waals surface area (Å²) in [6.07, 6.45) is 0. The summed E-state index contributed by atoms with van der Waals surface area (Å²) < 4.78 is 10.4. The largest absolute Gasteiger partial charge is 0.491 e. The van der Waals surface area contributed by atoms with Crippen molar-refractivity contribution in [1.29, 1.82) is 0 Å². The summed E-state index contributed by atoms with van der Waals surface area (Å²) in [5.74, 6) is 0.744. The Hall–Kier alpha value is -2.51. The fraction of sp³-hybridized carbons (Fsp3) is 0.263. The average molecular weight is 372 g/mol. The summed E-state index contributed by atoms with van der Waals surface area (Å²) >= 11 is 1.50. The molecule has 1 heterocycles. The van der Waals surface area contributed by atoms with Crippen LogP contribution in [0.15, 0.2) is 53.4 Å². The maximum atomic E-state index is 12.4. The van der Waals surface area contributed by atoms with Gasteiger partial charge in [0.1, 0.15) is 18.9 Å². The summed E-state index contributed by atoms with van der Waals surface area (Å²) in [7, 11) is 1.62. The number of anilines is 2. The Morgan fingerprint density at radius 3 is 2.69 bits per heavy atom. The summed E-state index contributed by atoms with van der Waals surface area (Å²) in [4.78, 5) is 27.1. The van der Waals surface area contributed by atoms with E-state index in [1.807, 2.05) is 24.3 Å². The Bertz CT molecular complexity index is 779. The van der Waals surface area contributed by atoms with Crippen LogP contribution in [0.3, 0.4) is 0 Å². The highest BCUT2D eigenvalue weighted by Gasteiger charge is 2.26. The van der Waals surface area contributed by atoms with Crippen molar-refractivity contribution in [3.63, 3.8) is 0 Å². The number of hydrogen-bond acceptors (Lipinski definition) is 5. The SMILES string of the molecule is COCCOc1ccc(NC(=O)CN2C(=O)CSc3ccccc32)cc1. The molecule has 1 aliphatic heterocycles. The molecule has 0 spiro atoms. The first-order valence-corrected chi connectivity index (χ1v) is 9.20. The van der Waals surface area contributed by atoms with Crippen LogP contribution in [0.2, 0.25) is 0 Å². The van der Waals surface area contributed by atoms with Gasteiger partial charge in [-0.2, -0.15) is 0 Å². The fourth-order valence-electron chi connectivity index (χ4n) is 2.55. The molecule has 0 radical (unpaired) electrons. The molecule has 0 saturated heterocycles. The van der Waals surface area contributed by atoms with Crippen LogP contribution in [0.5, 0.6) is 5.75 Å². The molecular formula is C19H20N2O4S. The van der Waals surface area contributed by atoms with Gasteiger partial charge in [-0.3, -0.25) is 9.59 Å². The quantitative estimate of drug-likeness (QED) is 0.757. The van der Waals surface area contributed by atoms with Crippen molar-refractivity contribution in [2.24, 2.45) is 0 Å². The smallest absolute Gasteiger partial charge is 0.244 e. The van der Waals surface area contributed by atoms with Gasteiger partial charge in [-0.1, -0.05) is 12.1 Å². The lowest BCUT2D eigenvalue weighted by molar-refractivity contribution is -0.120. The molecule has 0 unspecified atom stereocenters. The number of nitrogens with one attached hydrogen (secondary N) is 1. The van der Waals surface area contributed by atoms with Crippen molar-refractivity contribution < 1.29 is 19.1 Å². The maximum absolute atomic E-state index is 12.4. The molecule has 0 fully saturated rings. The number of hydrogen-bond donors (Lipinski definition) is 1. The van der Waals surface area contributed by atoms with Crippen molar-refractivity contribution in [2.45, 2.75) is 4.90 Å². The normalized spacial score (nSPS) is 13.3. The van der Waals surface area contributed by atoms with E-state index in [4.69, 9.17) is 9.47 Å². The number of thioether (sulfide) groups is 1. The predicted octanol–water partition coefficient (Wildman–Crippen LogP) is 2.79. The van der Waals surface area contributed by atoms with Crippen LogP contribution in [-0.4, -0.2) is 44.4 Å². The zero-order valence-electron chi connectivity index (χ0n) is 14.4. The number of para-hydroxylation sites is 1. The summed E-state index contributed by atoms with van der Waals surface area (Å²) in [5.41, 5.74) is 1.44. The highest BCUT2D eigenvalue weighted by atomic mass is 32.2. The van der Waals surface area contributed by atoms with Gasteiger partial charge < -0.3 is 19.7 Å². The molecule has 136 valence electrons. The summed E-state index contributed by atoms with van der Waals surface area (Å²) in [6.45, 7) is 0.974. The van der Waals surface area contributed by atoms with Crippen molar-refractivity contribution in [1.82, 2.24) is 0 Å². The van der Waals surface area contributed by atoms with E-state index in [0.29, 0.717) is 30.4 Å². The second-order valence-corrected chi connectivity index (χ2v) is 6.67. The molecule has 2 amide bonds. The van der Waals surface area contributed by atoms with E-state index < -0.39 is 0 Å². The van der Waals surface area contributed by atoms with E-state index in [2.05, 4.69) is 5.32 Å². The maximum Gasteiger partial charge on any atom is 0.244 e. The van der Waals surface area contributed by atoms with E-state index in [9.17, 15) is 9.59 Å². The van der Waals surface area contributed by atoms with Gasteiger partial charge >= 0.3 is 0 Å². The summed E-state index contributed by atoms with van der Waals surface area (Å²) in [5, 5.41) is 2.82. The topological polar surface area (TPSA) is 67.9 Å². The minimum atomic E-state index is -0.242. The fourth-order valence-corrected chi connectivity index (χ4v) is 3.48. The molecule has 2 aromatic rings. The van der Waals surface area contributed by atoms with Gasteiger partial charge in [0.05, 0.1) is 18.0 Å². The van der Waals surface area contributed by atoms with E-state index >= 15 is 0 Å². The minimum Gasteiger partial charge on any atom is -0.491 e. The van der Waals surface area contributed by atoms with E-state index in [0.717, 1.165) is 10.6 Å². The molecule has 3 rings (SSSR count). The highest BCUT2D eigenvalue weighted by Crippen LogP contribution is 2.34. The van der Waals surface area contributed by atoms with E-state index in [-0.39, 0.29) is 18.4 Å². The van der Waals surface area contributed by atoms with Gasteiger partial charge in [0.25, 0.3) is 0 Å². The molecule has 0 aliphatic carbocycles. The third-order valence-corrected chi connectivity index (χ3v) is 4.85. The monoisotopic (exact) mass is 372 g/mol. The lowest BCUT2D eigenvalue weighted by atomic mass is 10.2. The number of benzene rings is 2. The third kappa shape index (κ3) is 4.56. The first-order chi connectivity index (χ1) is 12.7. The molecule has 26 heavy (non-hydrogen) atoms. The highest BCUT2D eigenvalue weighted by molar-refractivity contribution is 8.00. The Kier molecular flexibility index (Phi) is 6.14. The predicted molar refractivity (Wildman–Crippen MR) is 102 cm³/mol. The average Bonchev–Trinajstić information content (AvgIpc) is 2.66. The third-order valence-electron chi connectivity index (χ3n) is 3.80. The molecular weight excluding hydrogens is 352 g/mol. The van der Waals surface area contributed by atoms with Crippen LogP contribution in [0.25, 0.3) is 0 Å². The van der Waals surface area contributed by atoms with Gasteiger partial charge in [0.2, 0.25) is 11.8 Å². The minimum absolute atomic E-state index is 0.0114. The molecule has 7 heteroatoms. The molecule has 1 aliphatic rings. The van der Waals surface area contributed by atoms with Crippen molar-refractivity contribution >= 4 is 35.0 Å². The van der Waals surface area contributed by atoms with Gasteiger partial charge in [0.15, 0.2) is 0 Å². The zero-order chi connectivity index (χ0) is 18.4. The Labute approximate surface area is 156 Å². The lowest BCUT2D eigenvalue weighted by Crippen LogP contribution is -2.41. The van der Waals surface area contributed by atoms with Crippen LogP contribution in [0.4, 0.5) is 11.4 Å². The van der Waals surface area contributed by atoms with E-state index in [1.165, 1.54) is 16.7 Å². The number of ether oxygens (including phenoxy) is 2. The molecule has 0 aromatic heterocycles. The zero-order valence-corrected chi connectivity index (χ0v) is 15.3. The number of amides is 2. The van der Waals surface area contributed by atoms with Crippen LogP contribution >= 0.6 is 11.8 Å². The second-order valence-electron chi connectivity index (χ2n) is 5.65. The Morgan fingerprint density at radius 2 is 1.92 bits per heavy atom. The van der Waals surface area contributed by atoms with Gasteiger partial charge in [-0.25, -0.2) is 0 Å². The number of carbonyl (C=O) groups is 2. The molecule has 0 saturated carbocycles. The molecule has 2 aromatic carbocycles. The number of methoxy groups -OCH3 is 1. The first-order valence-electron chi connectivity index (χ1n) is 8.21. The lowest BCUT2D eigenvalue weighted by Gasteiger charge is -2.28. The van der Waals surface area contributed by atoms with E-state index in [1.54, 1.807) is 31.4 Å². The van der Waals surface area contributed by atoms with Crippen LogP contribution in [0.1, 0.15) is 0 Å². The van der Waals surface area contributed by atoms with Gasteiger partial charge in [-0.15, -0.1) is 11.8 Å². The van der Waals surface area contributed by atoms with Gasteiger partial charge in [0, 0.05) is 17.7 Å². The van der Waals surface area contributed by atoms with Crippen LogP contribution in [0, 0.1) is 0 Å². The molecule has 0 bridgehead atoms. The van der Waals surface area contributed by atoms with Gasteiger partial charge in [-0.05, 0) is 36.4 Å². The Morgan fingerprint density at radius 1 is 1.15 bits per heavy atom. The van der Waals surface area contributed by atoms with Crippen molar-refractivity contribution in [3.05, 3.63) is 48.5 Å². The second kappa shape index (κ2) is 8.73. The molecule has 1 N–H and O–H groups in total. The van der Waals surface area contributed by atoms with Crippen LogP contribution in [-0.2, 0) is 14.3 Å².